The van der Waals surface area contributed by atoms with E-state index in [0.717, 1.165) is 31.6 Å². The van der Waals surface area contributed by atoms with Crippen molar-refractivity contribution < 1.29 is 14.6 Å². The van der Waals surface area contributed by atoms with Crippen LogP contribution in [-0.4, -0.2) is 42.2 Å². The van der Waals surface area contributed by atoms with E-state index in [-0.39, 0.29) is 5.56 Å². The number of hydrogen-bond acceptors (Lipinski definition) is 4. The van der Waals surface area contributed by atoms with Gasteiger partial charge in [-0.3, -0.25) is 0 Å². The molecule has 0 spiro atoms. The lowest BCUT2D eigenvalue weighted by Crippen LogP contribution is -2.26. The third-order valence-electron chi connectivity index (χ3n) is 3.55. The van der Waals surface area contributed by atoms with Crippen LogP contribution in [0.2, 0.25) is 0 Å². The van der Waals surface area contributed by atoms with Gasteiger partial charge in [0.25, 0.3) is 0 Å². The van der Waals surface area contributed by atoms with Crippen molar-refractivity contribution in [2.24, 2.45) is 0 Å². The number of nitrogens with zero attached hydrogens (tertiary/aromatic N) is 1. The van der Waals surface area contributed by atoms with Crippen molar-refractivity contribution in [3.8, 4) is 5.75 Å². The number of rotatable bonds is 9. The van der Waals surface area contributed by atoms with Crippen molar-refractivity contribution in [1.29, 1.82) is 0 Å². The SMILES string of the molecule is CCCOc1c(C(=O)O)ccc(N)c1CCN(CC)CC. The maximum atomic E-state index is 11.4. The summed E-state index contributed by atoms with van der Waals surface area (Å²) in [6.45, 7) is 9.44. The summed E-state index contributed by atoms with van der Waals surface area (Å²) in [5, 5.41) is 9.32. The highest BCUT2D eigenvalue weighted by atomic mass is 16.5. The standard InChI is InChI=1S/C16H26N2O3/c1-4-11-21-15-12(9-10-18(5-2)6-3)14(17)8-7-13(15)16(19)20/h7-8H,4-6,9-11,17H2,1-3H3,(H,19,20). The molecule has 0 aromatic heterocycles. The summed E-state index contributed by atoms with van der Waals surface area (Å²) in [7, 11) is 0. The van der Waals surface area contributed by atoms with Gasteiger partial charge in [-0.05, 0) is 38.1 Å². The first-order valence-corrected chi connectivity index (χ1v) is 7.54. The van der Waals surface area contributed by atoms with Gasteiger partial charge in [-0.15, -0.1) is 0 Å². The lowest BCUT2D eigenvalue weighted by molar-refractivity contribution is 0.0692. The number of nitrogens with two attached hydrogens (primary N) is 1. The predicted octanol–water partition coefficient (Wildman–Crippen LogP) is 2.64. The van der Waals surface area contributed by atoms with Gasteiger partial charge in [0, 0.05) is 17.8 Å². The van der Waals surface area contributed by atoms with E-state index in [9.17, 15) is 9.90 Å². The number of anilines is 1. The van der Waals surface area contributed by atoms with Gasteiger partial charge in [0.1, 0.15) is 11.3 Å². The van der Waals surface area contributed by atoms with Crippen LogP contribution in [0.4, 0.5) is 5.69 Å². The number of carboxylic acid groups (broad SMARTS) is 1. The fourth-order valence-corrected chi connectivity index (χ4v) is 2.25. The second kappa shape index (κ2) is 8.52. The average molecular weight is 294 g/mol. The molecule has 0 bridgehead atoms. The molecule has 0 atom stereocenters. The largest absolute Gasteiger partial charge is 0.492 e. The molecule has 0 saturated carbocycles. The normalized spacial score (nSPS) is 10.9. The molecule has 0 amide bonds. The molecular formula is C16H26N2O3. The van der Waals surface area contributed by atoms with Crippen LogP contribution in [0.15, 0.2) is 12.1 Å². The van der Waals surface area contributed by atoms with Crippen molar-refractivity contribution >= 4 is 11.7 Å². The Morgan fingerprint density at radius 2 is 1.95 bits per heavy atom. The van der Waals surface area contributed by atoms with Crippen LogP contribution in [0.5, 0.6) is 5.75 Å². The van der Waals surface area contributed by atoms with Gasteiger partial charge < -0.3 is 20.5 Å². The summed E-state index contributed by atoms with van der Waals surface area (Å²) in [6, 6.07) is 3.17. The molecule has 0 fully saturated rings. The molecule has 0 heterocycles. The summed E-state index contributed by atoms with van der Waals surface area (Å²) < 4.78 is 5.68. The molecule has 0 aliphatic rings. The van der Waals surface area contributed by atoms with E-state index in [1.54, 1.807) is 6.07 Å². The van der Waals surface area contributed by atoms with Crippen LogP contribution < -0.4 is 10.5 Å². The molecule has 1 rings (SSSR count). The molecule has 0 saturated heterocycles. The van der Waals surface area contributed by atoms with Gasteiger partial charge in [0.05, 0.1) is 6.61 Å². The molecule has 0 aliphatic heterocycles. The van der Waals surface area contributed by atoms with Crippen molar-refractivity contribution in [1.82, 2.24) is 4.90 Å². The second-order valence-corrected chi connectivity index (χ2v) is 4.94. The van der Waals surface area contributed by atoms with E-state index in [1.807, 2.05) is 6.92 Å². The third-order valence-corrected chi connectivity index (χ3v) is 3.55. The molecule has 3 N–H and O–H groups in total. The highest BCUT2D eigenvalue weighted by Gasteiger charge is 2.18. The van der Waals surface area contributed by atoms with Crippen molar-refractivity contribution in [2.75, 3.05) is 32.0 Å². The zero-order chi connectivity index (χ0) is 15.8. The highest BCUT2D eigenvalue weighted by molar-refractivity contribution is 5.92. The van der Waals surface area contributed by atoms with Gasteiger partial charge in [0.15, 0.2) is 0 Å². The smallest absolute Gasteiger partial charge is 0.339 e. The average Bonchev–Trinajstić information content (AvgIpc) is 2.47. The molecule has 1 aromatic rings. The maximum absolute atomic E-state index is 11.4. The Morgan fingerprint density at radius 1 is 1.29 bits per heavy atom. The van der Waals surface area contributed by atoms with Crippen LogP contribution >= 0.6 is 0 Å². The minimum Gasteiger partial charge on any atom is -0.492 e. The molecule has 1 aromatic carbocycles. The fourth-order valence-electron chi connectivity index (χ4n) is 2.25. The van der Waals surface area contributed by atoms with E-state index < -0.39 is 5.97 Å². The van der Waals surface area contributed by atoms with E-state index in [0.29, 0.717) is 24.5 Å². The Labute approximate surface area is 126 Å². The van der Waals surface area contributed by atoms with Crippen molar-refractivity contribution in [3.63, 3.8) is 0 Å². The molecule has 0 radical (unpaired) electrons. The number of carboxylic acids is 1. The number of carbonyl (C=O) groups is 1. The van der Waals surface area contributed by atoms with Crippen LogP contribution in [0, 0.1) is 0 Å². The Kier molecular flexibility index (Phi) is 7.02. The number of hydrogen-bond donors (Lipinski definition) is 2. The zero-order valence-electron chi connectivity index (χ0n) is 13.2. The molecule has 0 unspecified atom stereocenters. The van der Waals surface area contributed by atoms with E-state index in [1.165, 1.54) is 6.07 Å². The maximum Gasteiger partial charge on any atom is 0.339 e. The number of ether oxygens (including phenoxy) is 1. The van der Waals surface area contributed by atoms with Gasteiger partial charge >= 0.3 is 5.97 Å². The molecule has 0 aliphatic carbocycles. The lowest BCUT2D eigenvalue weighted by Gasteiger charge is -2.21. The Morgan fingerprint density at radius 3 is 2.48 bits per heavy atom. The Bertz CT molecular complexity index is 471. The number of aromatic carboxylic acids is 1. The first-order valence-electron chi connectivity index (χ1n) is 7.54. The van der Waals surface area contributed by atoms with Crippen LogP contribution in [-0.2, 0) is 6.42 Å². The summed E-state index contributed by atoms with van der Waals surface area (Å²) in [5.41, 5.74) is 7.62. The lowest BCUT2D eigenvalue weighted by atomic mass is 10.0. The quantitative estimate of drug-likeness (QED) is 0.685. The topological polar surface area (TPSA) is 75.8 Å². The van der Waals surface area contributed by atoms with E-state index >= 15 is 0 Å². The number of benzene rings is 1. The van der Waals surface area contributed by atoms with Crippen molar-refractivity contribution in [3.05, 3.63) is 23.3 Å². The molecule has 21 heavy (non-hydrogen) atoms. The monoisotopic (exact) mass is 294 g/mol. The summed E-state index contributed by atoms with van der Waals surface area (Å²) in [5.74, 6) is -0.554. The minimum absolute atomic E-state index is 0.187. The number of nitrogen functional groups attached to an aromatic ring is 1. The minimum atomic E-state index is -0.981. The van der Waals surface area contributed by atoms with Crippen LogP contribution in [0.1, 0.15) is 43.1 Å². The van der Waals surface area contributed by atoms with Gasteiger partial charge in [-0.1, -0.05) is 20.8 Å². The molecular weight excluding hydrogens is 268 g/mol. The Hall–Kier alpha value is -1.75. The summed E-state index contributed by atoms with van der Waals surface area (Å²) in [4.78, 5) is 13.6. The highest BCUT2D eigenvalue weighted by Crippen LogP contribution is 2.30. The molecule has 118 valence electrons. The summed E-state index contributed by atoms with van der Waals surface area (Å²) >= 11 is 0. The predicted molar refractivity (Wildman–Crippen MR) is 85.1 cm³/mol. The molecule has 5 nitrogen and oxygen atoms in total. The second-order valence-electron chi connectivity index (χ2n) is 4.94. The fraction of sp³-hybridized carbons (Fsp3) is 0.562. The van der Waals surface area contributed by atoms with Crippen molar-refractivity contribution in [2.45, 2.75) is 33.6 Å². The van der Waals surface area contributed by atoms with E-state index in [2.05, 4.69) is 18.7 Å². The number of likely N-dealkylation sites (N-methyl/N-ethyl adjacent to an activating group) is 1. The van der Waals surface area contributed by atoms with Crippen LogP contribution in [0.25, 0.3) is 0 Å². The van der Waals surface area contributed by atoms with E-state index in [4.69, 9.17) is 10.5 Å². The van der Waals surface area contributed by atoms with Gasteiger partial charge in [0.2, 0.25) is 0 Å². The third kappa shape index (κ3) is 4.63. The zero-order valence-corrected chi connectivity index (χ0v) is 13.2. The Balaban J connectivity index is 3.08. The van der Waals surface area contributed by atoms with Crippen LogP contribution in [0.3, 0.4) is 0 Å². The molecule has 5 heteroatoms. The summed E-state index contributed by atoms with van der Waals surface area (Å²) in [6.07, 6.45) is 1.51. The first kappa shape index (κ1) is 17.3. The first-order chi connectivity index (χ1) is 10.0. The van der Waals surface area contributed by atoms with Gasteiger partial charge in [-0.2, -0.15) is 0 Å². The van der Waals surface area contributed by atoms with Gasteiger partial charge in [-0.25, -0.2) is 4.79 Å².